The molecule has 3 aromatic rings. The Labute approximate surface area is 190 Å². The number of halogens is 1. The van der Waals surface area contributed by atoms with Gasteiger partial charge in [-0.05, 0) is 57.2 Å². The SMILES string of the molecule is COCc1cc(C)n(CC(=O)N/N=C/c2cc(C)n(-c3ccc(F)cc3)c2C)c(=O)c1C#N. The largest absolute Gasteiger partial charge is 0.380 e. The average Bonchev–Trinajstić information content (AvgIpc) is 3.05. The zero-order valence-electron chi connectivity index (χ0n) is 18.8. The van der Waals surface area contributed by atoms with Gasteiger partial charge in [0.1, 0.15) is 24.0 Å². The topological polar surface area (TPSA) is 101 Å². The number of aryl methyl sites for hydroxylation is 2. The summed E-state index contributed by atoms with van der Waals surface area (Å²) >= 11 is 0. The first-order valence-corrected chi connectivity index (χ1v) is 10.2. The van der Waals surface area contributed by atoms with Gasteiger partial charge in [-0.2, -0.15) is 10.4 Å². The van der Waals surface area contributed by atoms with Crippen LogP contribution < -0.4 is 11.0 Å². The lowest BCUT2D eigenvalue weighted by Gasteiger charge is -2.12. The fourth-order valence-corrected chi connectivity index (χ4v) is 3.68. The summed E-state index contributed by atoms with van der Waals surface area (Å²) in [5.74, 6) is -0.817. The molecule has 170 valence electrons. The van der Waals surface area contributed by atoms with Crippen molar-refractivity contribution >= 4 is 12.1 Å². The molecule has 9 heteroatoms. The normalized spacial score (nSPS) is 11.0. The van der Waals surface area contributed by atoms with Gasteiger partial charge in [-0.15, -0.1) is 0 Å². The van der Waals surface area contributed by atoms with Crippen LogP contribution in [-0.2, 0) is 22.7 Å². The van der Waals surface area contributed by atoms with E-state index in [4.69, 9.17) is 4.74 Å². The van der Waals surface area contributed by atoms with Crippen molar-refractivity contribution in [2.24, 2.45) is 5.10 Å². The number of carbonyl (C=O) groups excluding carboxylic acids is 1. The van der Waals surface area contributed by atoms with Crippen LogP contribution in [0.25, 0.3) is 5.69 Å². The number of hydrogen-bond acceptors (Lipinski definition) is 5. The maximum atomic E-state index is 13.2. The van der Waals surface area contributed by atoms with Gasteiger partial charge in [-0.25, -0.2) is 9.82 Å². The first-order chi connectivity index (χ1) is 15.8. The molecule has 0 atom stereocenters. The number of aromatic nitrogens is 2. The second kappa shape index (κ2) is 10.1. The molecule has 0 saturated heterocycles. The number of nitriles is 1. The van der Waals surface area contributed by atoms with Gasteiger partial charge < -0.3 is 13.9 Å². The highest BCUT2D eigenvalue weighted by Gasteiger charge is 2.15. The summed E-state index contributed by atoms with van der Waals surface area (Å²) in [6.45, 7) is 5.35. The summed E-state index contributed by atoms with van der Waals surface area (Å²) in [7, 11) is 1.48. The predicted octanol–water partition coefficient (Wildman–Crippen LogP) is 2.87. The van der Waals surface area contributed by atoms with Crippen molar-refractivity contribution in [1.29, 1.82) is 5.26 Å². The van der Waals surface area contributed by atoms with Crippen molar-refractivity contribution in [2.45, 2.75) is 33.9 Å². The second-order valence-corrected chi connectivity index (χ2v) is 7.55. The van der Waals surface area contributed by atoms with Crippen LogP contribution in [0, 0.1) is 37.9 Å². The molecular weight excluding hydrogens is 425 g/mol. The molecule has 1 N–H and O–H groups in total. The molecule has 33 heavy (non-hydrogen) atoms. The number of amides is 1. The van der Waals surface area contributed by atoms with Crippen LogP contribution >= 0.6 is 0 Å². The number of nitrogens with one attached hydrogen (secondary N) is 1. The highest BCUT2D eigenvalue weighted by atomic mass is 19.1. The molecule has 0 bridgehead atoms. The Bertz CT molecular complexity index is 1310. The molecule has 0 aliphatic heterocycles. The highest BCUT2D eigenvalue weighted by molar-refractivity contribution is 5.84. The Hall–Kier alpha value is -4.03. The van der Waals surface area contributed by atoms with Crippen LogP contribution in [0.1, 0.15) is 33.8 Å². The van der Waals surface area contributed by atoms with E-state index in [0.29, 0.717) is 11.3 Å². The third-order valence-electron chi connectivity index (χ3n) is 5.25. The van der Waals surface area contributed by atoms with E-state index in [9.17, 15) is 19.2 Å². The maximum Gasteiger partial charge on any atom is 0.269 e. The summed E-state index contributed by atoms with van der Waals surface area (Å²) in [6.07, 6.45) is 1.51. The Morgan fingerprint density at radius 1 is 1.21 bits per heavy atom. The zero-order chi connectivity index (χ0) is 24.1. The van der Waals surface area contributed by atoms with Gasteiger partial charge in [-0.3, -0.25) is 9.59 Å². The van der Waals surface area contributed by atoms with E-state index in [1.807, 2.05) is 30.6 Å². The number of hydrogen-bond donors (Lipinski definition) is 1. The van der Waals surface area contributed by atoms with E-state index in [2.05, 4.69) is 10.5 Å². The van der Waals surface area contributed by atoms with E-state index < -0.39 is 11.5 Å². The lowest BCUT2D eigenvalue weighted by molar-refractivity contribution is -0.121. The molecule has 1 amide bonds. The van der Waals surface area contributed by atoms with E-state index in [0.717, 1.165) is 22.6 Å². The molecule has 2 heterocycles. The summed E-state index contributed by atoms with van der Waals surface area (Å²) < 4.78 is 21.5. The predicted molar refractivity (Wildman–Crippen MR) is 122 cm³/mol. The van der Waals surface area contributed by atoms with E-state index in [1.165, 1.54) is 30.0 Å². The number of ether oxygens (including phenoxy) is 1. The number of carbonyl (C=O) groups is 1. The molecule has 8 nitrogen and oxygen atoms in total. The monoisotopic (exact) mass is 449 g/mol. The van der Waals surface area contributed by atoms with E-state index in [1.54, 1.807) is 25.1 Å². The van der Waals surface area contributed by atoms with E-state index in [-0.39, 0.29) is 24.5 Å². The number of methoxy groups -OCH3 is 1. The van der Waals surface area contributed by atoms with Crippen molar-refractivity contribution in [1.82, 2.24) is 14.6 Å². The van der Waals surface area contributed by atoms with Gasteiger partial charge in [0, 0.05) is 41.0 Å². The van der Waals surface area contributed by atoms with Crippen LogP contribution in [0.3, 0.4) is 0 Å². The van der Waals surface area contributed by atoms with Crippen LogP contribution in [-0.4, -0.2) is 28.4 Å². The summed E-state index contributed by atoms with van der Waals surface area (Å²) in [4.78, 5) is 25.0. The van der Waals surface area contributed by atoms with Crippen molar-refractivity contribution < 1.29 is 13.9 Å². The third kappa shape index (κ3) is 5.07. The highest BCUT2D eigenvalue weighted by Crippen LogP contribution is 2.20. The average molecular weight is 449 g/mol. The first-order valence-electron chi connectivity index (χ1n) is 10.2. The molecule has 0 unspecified atom stereocenters. The summed E-state index contributed by atoms with van der Waals surface area (Å²) in [6, 6.07) is 11.6. The molecule has 0 radical (unpaired) electrons. The molecule has 0 fully saturated rings. The van der Waals surface area contributed by atoms with Gasteiger partial charge in [-0.1, -0.05) is 0 Å². The maximum absolute atomic E-state index is 13.2. The van der Waals surface area contributed by atoms with Crippen LogP contribution in [0.5, 0.6) is 0 Å². The smallest absolute Gasteiger partial charge is 0.269 e. The quantitative estimate of drug-likeness (QED) is 0.443. The lowest BCUT2D eigenvalue weighted by Crippen LogP contribution is -2.33. The van der Waals surface area contributed by atoms with Crippen molar-refractivity contribution in [3.8, 4) is 11.8 Å². The number of hydrazone groups is 1. The van der Waals surface area contributed by atoms with Crippen molar-refractivity contribution in [3.63, 3.8) is 0 Å². The molecule has 3 rings (SSSR count). The minimum Gasteiger partial charge on any atom is -0.380 e. The standard InChI is InChI=1S/C24H24FN5O3/c1-15-9-19(14-33-4)22(11-26)24(32)29(15)13-23(31)28-27-12-18-10-16(2)30(17(18)3)21-7-5-20(25)6-8-21/h5-10,12H,13-14H2,1-4H3,(H,28,31)/b27-12+. The van der Waals surface area contributed by atoms with Crippen LogP contribution in [0.2, 0.25) is 0 Å². The Morgan fingerprint density at radius 3 is 2.55 bits per heavy atom. The number of rotatable bonds is 7. The van der Waals surface area contributed by atoms with Crippen LogP contribution in [0.15, 0.2) is 46.3 Å². The summed E-state index contributed by atoms with van der Waals surface area (Å²) in [5.41, 5.74) is 6.23. The number of pyridine rings is 1. The van der Waals surface area contributed by atoms with Gasteiger partial charge in [0.25, 0.3) is 11.5 Å². The van der Waals surface area contributed by atoms with Gasteiger partial charge in [0.2, 0.25) is 0 Å². The zero-order valence-corrected chi connectivity index (χ0v) is 18.8. The van der Waals surface area contributed by atoms with Gasteiger partial charge in [0.05, 0.1) is 12.8 Å². The van der Waals surface area contributed by atoms with Crippen LogP contribution in [0.4, 0.5) is 4.39 Å². The molecular formula is C24H24FN5O3. The first kappa shape index (κ1) is 23.6. The third-order valence-corrected chi connectivity index (χ3v) is 5.25. The van der Waals surface area contributed by atoms with Crippen molar-refractivity contribution in [2.75, 3.05) is 7.11 Å². The molecule has 0 aliphatic carbocycles. The molecule has 2 aromatic heterocycles. The number of nitrogens with zero attached hydrogens (tertiary/aromatic N) is 4. The Morgan fingerprint density at radius 2 is 1.91 bits per heavy atom. The fraction of sp³-hybridized carbons (Fsp3) is 0.250. The van der Waals surface area contributed by atoms with E-state index >= 15 is 0 Å². The molecule has 0 spiro atoms. The lowest BCUT2D eigenvalue weighted by atomic mass is 10.1. The number of benzene rings is 1. The molecule has 1 aromatic carbocycles. The molecule has 0 aliphatic rings. The fourth-order valence-electron chi connectivity index (χ4n) is 3.68. The van der Waals surface area contributed by atoms with Gasteiger partial charge in [0.15, 0.2) is 0 Å². The Balaban J connectivity index is 1.75. The second-order valence-electron chi connectivity index (χ2n) is 7.55. The summed E-state index contributed by atoms with van der Waals surface area (Å²) in [5, 5.41) is 13.3. The Kier molecular flexibility index (Phi) is 7.20. The van der Waals surface area contributed by atoms with Crippen molar-refractivity contribution in [3.05, 3.63) is 86.3 Å². The van der Waals surface area contributed by atoms with Gasteiger partial charge >= 0.3 is 0 Å². The minimum absolute atomic E-state index is 0.0491. The minimum atomic E-state index is -0.550. The molecule has 0 saturated carbocycles.